The first-order chi connectivity index (χ1) is 16.0. The average molecular weight is 452 g/mol. The van der Waals surface area contributed by atoms with E-state index in [1.165, 1.54) is 10.6 Å². The molecule has 33 heavy (non-hydrogen) atoms. The maximum absolute atomic E-state index is 13.1. The Kier molecular flexibility index (Phi) is 5.76. The third-order valence-corrected chi connectivity index (χ3v) is 6.92. The zero-order valence-electron chi connectivity index (χ0n) is 18.5. The van der Waals surface area contributed by atoms with Crippen molar-refractivity contribution in [2.24, 2.45) is 5.41 Å². The van der Waals surface area contributed by atoms with Crippen LogP contribution in [0.15, 0.2) is 41.2 Å². The van der Waals surface area contributed by atoms with Crippen LogP contribution in [0.4, 0.5) is 0 Å². The Hall–Kier alpha value is -3.04. The van der Waals surface area contributed by atoms with Gasteiger partial charge >= 0.3 is 0 Å². The van der Waals surface area contributed by atoms with Crippen LogP contribution >= 0.6 is 0 Å². The van der Waals surface area contributed by atoms with E-state index < -0.39 is 5.60 Å². The van der Waals surface area contributed by atoms with E-state index in [2.05, 4.69) is 20.4 Å². The largest absolute Gasteiger partial charge is 0.396 e. The van der Waals surface area contributed by atoms with Gasteiger partial charge in [0.25, 0.3) is 17.2 Å². The third-order valence-electron chi connectivity index (χ3n) is 6.92. The van der Waals surface area contributed by atoms with E-state index in [9.17, 15) is 14.7 Å². The molecule has 0 atom stereocenters. The van der Waals surface area contributed by atoms with Gasteiger partial charge in [0.1, 0.15) is 5.60 Å². The van der Waals surface area contributed by atoms with Crippen LogP contribution in [-0.4, -0.2) is 49.3 Å². The van der Waals surface area contributed by atoms with Gasteiger partial charge in [-0.05, 0) is 25.7 Å². The normalized spacial score (nSPS) is 18.8. The quantitative estimate of drug-likeness (QED) is 0.483. The molecule has 0 bridgehead atoms. The van der Waals surface area contributed by atoms with Crippen LogP contribution < -0.4 is 10.9 Å². The molecule has 2 aliphatic carbocycles. The van der Waals surface area contributed by atoms with Gasteiger partial charge in [-0.1, -0.05) is 49.6 Å². The molecular formula is C24H29N5O4. The highest BCUT2D eigenvalue weighted by molar-refractivity contribution is 5.85. The predicted octanol–water partition coefficient (Wildman–Crippen LogP) is 2.19. The summed E-state index contributed by atoms with van der Waals surface area (Å²) in [5.74, 6) is 0.686. The van der Waals surface area contributed by atoms with E-state index in [1.54, 1.807) is 0 Å². The molecule has 0 saturated heterocycles. The van der Waals surface area contributed by atoms with E-state index >= 15 is 0 Å². The maximum atomic E-state index is 13.1. The van der Waals surface area contributed by atoms with Gasteiger partial charge < -0.3 is 15.2 Å². The van der Waals surface area contributed by atoms with Crippen molar-refractivity contribution in [1.82, 2.24) is 24.9 Å². The van der Waals surface area contributed by atoms with E-state index in [0.29, 0.717) is 30.9 Å². The topological polar surface area (TPSA) is 122 Å². The van der Waals surface area contributed by atoms with Crippen LogP contribution in [-0.2, 0) is 16.1 Å². The molecular weight excluding hydrogens is 422 g/mol. The smallest absolute Gasteiger partial charge is 0.274 e. The molecule has 1 aromatic carbocycles. The van der Waals surface area contributed by atoms with Crippen LogP contribution in [0.2, 0.25) is 0 Å². The van der Waals surface area contributed by atoms with Crippen LogP contribution in [0.25, 0.3) is 17.2 Å². The fourth-order valence-corrected chi connectivity index (χ4v) is 4.49. The van der Waals surface area contributed by atoms with E-state index in [1.807, 2.05) is 30.3 Å². The van der Waals surface area contributed by atoms with Gasteiger partial charge in [0.05, 0.1) is 18.9 Å². The molecule has 0 aliphatic heterocycles. The van der Waals surface area contributed by atoms with Gasteiger partial charge in [-0.3, -0.25) is 14.7 Å². The molecule has 5 rings (SSSR count). The Morgan fingerprint density at radius 2 is 1.88 bits per heavy atom. The molecule has 0 spiro atoms. The number of aliphatic hydroxyl groups excluding tert-OH is 1. The first-order valence-electron chi connectivity index (χ1n) is 11.6. The van der Waals surface area contributed by atoms with E-state index in [-0.39, 0.29) is 35.9 Å². The maximum Gasteiger partial charge on any atom is 0.274 e. The van der Waals surface area contributed by atoms with Gasteiger partial charge in [0.2, 0.25) is 0 Å². The first kappa shape index (κ1) is 21.8. The van der Waals surface area contributed by atoms with Crippen LogP contribution in [0, 0.1) is 5.41 Å². The van der Waals surface area contributed by atoms with Crippen LogP contribution in [0.5, 0.6) is 0 Å². The summed E-state index contributed by atoms with van der Waals surface area (Å²) < 4.78 is 7.51. The van der Waals surface area contributed by atoms with Crippen molar-refractivity contribution < 1.29 is 14.6 Å². The van der Waals surface area contributed by atoms with Crippen molar-refractivity contribution in [2.45, 2.75) is 57.2 Å². The molecule has 2 aliphatic rings. The van der Waals surface area contributed by atoms with Crippen molar-refractivity contribution in [3.63, 3.8) is 0 Å². The molecule has 0 unspecified atom stereocenters. The number of hydrogen-bond acceptors (Lipinski definition) is 6. The van der Waals surface area contributed by atoms with Gasteiger partial charge in [0, 0.05) is 23.6 Å². The van der Waals surface area contributed by atoms with Gasteiger partial charge in [-0.15, -0.1) is 0 Å². The average Bonchev–Trinajstić information content (AvgIpc) is 3.51. The second-order valence-electron chi connectivity index (χ2n) is 9.34. The number of fused-ring (bicyclic) bond motifs is 1. The number of aliphatic hydroxyl groups is 1. The Morgan fingerprint density at radius 3 is 2.58 bits per heavy atom. The number of aromatic nitrogens is 4. The molecule has 0 radical (unpaired) electrons. The van der Waals surface area contributed by atoms with Crippen molar-refractivity contribution >= 4 is 11.7 Å². The number of carbonyl (C=O) groups is 1. The first-order valence-corrected chi connectivity index (χ1v) is 11.6. The second-order valence-corrected chi connectivity index (χ2v) is 9.34. The van der Waals surface area contributed by atoms with Gasteiger partial charge in [-0.2, -0.15) is 9.50 Å². The Labute approximate surface area is 191 Å². The van der Waals surface area contributed by atoms with Crippen LogP contribution in [0.3, 0.4) is 0 Å². The number of rotatable bonds is 8. The molecule has 3 N–H and O–H groups in total. The van der Waals surface area contributed by atoms with Crippen molar-refractivity contribution in [2.75, 3.05) is 13.2 Å². The highest BCUT2D eigenvalue weighted by Crippen LogP contribution is 2.44. The number of carbonyl (C=O) groups excluding carboxylic acids is 1. The predicted molar refractivity (Wildman–Crippen MR) is 121 cm³/mol. The molecule has 2 heterocycles. The molecule has 3 aromatic rings. The summed E-state index contributed by atoms with van der Waals surface area (Å²) in [4.78, 5) is 34.8. The summed E-state index contributed by atoms with van der Waals surface area (Å²) in [6.45, 7) is 0.607. The molecule has 2 fully saturated rings. The highest BCUT2D eigenvalue weighted by Gasteiger charge is 2.45. The zero-order chi connectivity index (χ0) is 22.9. The summed E-state index contributed by atoms with van der Waals surface area (Å²) in [5, 5.41) is 15.6. The minimum Gasteiger partial charge on any atom is -0.396 e. The lowest BCUT2D eigenvalue weighted by Crippen LogP contribution is -2.51. The second kappa shape index (κ2) is 8.72. The lowest BCUT2D eigenvalue weighted by Gasteiger charge is -2.36. The zero-order valence-corrected chi connectivity index (χ0v) is 18.5. The molecule has 1 amide bonds. The standard InChI is InChI=1S/C24H29N5O4/c30-16-23(11-12-23)15-25-21(32)24(9-5-2-6-10-24)33-14-18-13-19(31)29-22(26-18)27-20(28-29)17-7-3-1-4-8-17/h1,3-4,7-8,13,30H,2,5-6,9-12,14-16H2,(H,25,32)(H,26,27,28). The van der Waals surface area contributed by atoms with Crippen molar-refractivity contribution in [1.29, 1.82) is 0 Å². The van der Waals surface area contributed by atoms with E-state index in [0.717, 1.165) is 37.7 Å². The third kappa shape index (κ3) is 4.43. The van der Waals surface area contributed by atoms with Crippen molar-refractivity contribution in [3.8, 4) is 11.4 Å². The van der Waals surface area contributed by atoms with Gasteiger partial charge in [0.15, 0.2) is 5.82 Å². The fraction of sp³-hybridized carbons (Fsp3) is 0.500. The van der Waals surface area contributed by atoms with E-state index in [4.69, 9.17) is 4.74 Å². The number of nitrogens with zero attached hydrogens (tertiary/aromatic N) is 3. The molecule has 2 aromatic heterocycles. The molecule has 2 saturated carbocycles. The number of hydrogen-bond donors (Lipinski definition) is 3. The highest BCUT2D eigenvalue weighted by atomic mass is 16.5. The summed E-state index contributed by atoms with van der Waals surface area (Å²) >= 11 is 0. The fourth-order valence-electron chi connectivity index (χ4n) is 4.49. The minimum atomic E-state index is -0.933. The Balaban J connectivity index is 1.34. The number of amides is 1. The van der Waals surface area contributed by atoms with Crippen molar-refractivity contribution in [3.05, 3.63) is 52.4 Å². The number of aromatic amines is 1. The van der Waals surface area contributed by atoms with Crippen LogP contribution in [0.1, 0.15) is 50.6 Å². The molecule has 9 nitrogen and oxygen atoms in total. The SMILES string of the molecule is O=C(NCC1(CO)CC1)C1(OCc2cc(=O)n3[nH]c(-c4ccccc4)nc3n2)CCCCC1. The summed E-state index contributed by atoms with van der Waals surface area (Å²) in [5.41, 5.74) is -0.0816. The molecule has 9 heteroatoms. The number of ether oxygens (including phenoxy) is 1. The number of H-pyrrole nitrogens is 1. The van der Waals surface area contributed by atoms with Gasteiger partial charge in [-0.25, -0.2) is 4.98 Å². The minimum absolute atomic E-state index is 0.0534. The molecule has 174 valence electrons. The Morgan fingerprint density at radius 1 is 1.12 bits per heavy atom. The Bertz CT molecular complexity index is 1190. The lowest BCUT2D eigenvalue weighted by molar-refractivity contribution is -0.155. The monoisotopic (exact) mass is 451 g/mol. The number of benzene rings is 1. The summed E-state index contributed by atoms with van der Waals surface area (Å²) in [7, 11) is 0. The summed E-state index contributed by atoms with van der Waals surface area (Å²) in [6.07, 6.45) is 6.01. The lowest BCUT2D eigenvalue weighted by atomic mass is 9.83. The number of nitrogens with one attached hydrogen (secondary N) is 2. The summed E-state index contributed by atoms with van der Waals surface area (Å²) in [6, 6.07) is 10.9.